The van der Waals surface area contributed by atoms with Crippen LogP contribution in [-0.4, -0.2) is 25.7 Å². The zero-order valence-corrected chi connectivity index (χ0v) is 14.6. The molecule has 0 unspecified atom stereocenters. The Labute approximate surface area is 143 Å². The predicted molar refractivity (Wildman–Crippen MR) is 94.8 cm³/mol. The molecule has 0 saturated heterocycles. The molecule has 0 spiro atoms. The van der Waals surface area contributed by atoms with Gasteiger partial charge in [-0.3, -0.25) is 4.98 Å². The van der Waals surface area contributed by atoms with E-state index in [1.165, 1.54) is 0 Å². The van der Waals surface area contributed by atoms with Gasteiger partial charge in [-0.15, -0.1) is 0 Å². The number of aromatic nitrogens is 1. The molecule has 0 radical (unpaired) electrons. The minimum atomic E-state index is 0.611. The van der Waals surface area contributed by atoms with Crippen LogP contribution >= 0.6 is 0 Å². The summed E-state index contributed by atoms with van der Waals surface area (Å²) in [6, 6.07) is 9.95. The van der Waals surface area contributed by atoms with Crippen molar-refractivity contribution in [1.29, 1.82) is 5.26 Å². The van der Waals surface area contributed by atoms with Crippen molar-refractivity contribution < 1.29 is 9.47 Å². The van der Waals surface area contributed by atoms with E-state index < -0.39 is 0 Å². The Kier molecular flexibility index (Phi) is 6.02. The molecule has 0 amide bonds. The second-order valence-electron chi connectivity index (χ2n) is 5.59. The van der Waals surface area contributed by atoms with Crippen molar-refractivity contribution in [3.05, 3.63) is 46.8 Å². The molecule has 126 valence electrons. The number of benzene rings is 1. The highest BCUT2D eigenvalue weighted by atomic mass is 16.5. The fraction of sp³-hybridized carbons (Fsp3) is 0.368. The molecular weight excluding hydrogens is 302 g/mol. The number of rotatable bonds is 7. The third-order valence-electron chi connectivity index (χ3n) is 3.87. The van der Waals surface area contributed by atoms with Crippen LogP contribution in [0.5, 0.6) is 11.5 Å². The molecule has 5 nitrogen and oxygen atoms in total. The van der Waals surface area contributed by atoms with Crippen LogP contribution in [-0.2, 0) is 6.42 Å². The molecule has 2 aromatic rings. The minimum absolute atomic E-state index is 0.611. The zero-order chi connectivity index (χ0) is 17.5. The molecule has 2 rings (SSSR count). The molecule has 0 aliphatic rings. The number of hydrogen-bond donors (Lipinski definition) is 1. The van der Waals surface area contributed by atoms with Crippen LogP contribution in [0.15, 0.2) is 24.3 Å². The number of anilines is 1. The quantitative estimate of drug-likeness (QED) is 0.787. The van der Waals surface area contributed by atoms with E-state index in [4.69, 9.17) is 9.47 Å². The first-order chi connectivity index (χ1) is 11.6. The number of methoxy groups -OCH3 is 2. The number of nitrogens with one attached hydrogen (secondary N) is 1. The summed E-state index contributed by atoms with van der Waals surface area (Å²) in [4.78, 5) is 4.33. The highest BCUT2D eigenvalue weighted by Crippen LogP contribution is 2.25. The number of aryl methyl sites for hydroxylation is 3. The van der Waals surface area contributed by atoms with Crippen molar-refractivity contribution >= 4 is 5.69 Å². The molecule has 1 N–H and O–H groups in total. The van der Waals surface area contributed by atoms with Crippen molar-refractivity contribution in [3.63, 3.8) is 0 Å². The van der Waals surface area contributed by atoms with Crippen LogP contribution in [0, 0.1) is 25.2 Å². The molecule has 0 bridgehead atoms. The van der Waals surface area contributed by atoms with Crippen LogP contribution in [0.3, 0.4) is 0 Å². The van der Waals surface area contributed by atoms with Gasteiger partial charge >= 0.3 is 0 Å². The van der Waals surface area contributed by atoms with Gasteiger partial charge in [0.05, 0.1) is 31.2 Å². The Morgan fingerprint density at radius 3 is 2.62 bits per heavy atom. The van der Waals surface area contributed by atoms with Crippen molar-refractivity contribution in [2.75, 3.05) is 26.1 Å². The Bertz CT molecular complexity index is 751. The first-order valence-electron chi connectivity index (χ1n) is 7.92. The van der Waals surface area contributed by atoms with Gasteiger partial charge in [-0.05, 0) is 56.5 Å². The van der Waals surface area contributed by atoms with Crippen molar-refractivity contribution in [2.24, 2.45) is 0 Å². The van der Waals surface area contributed by atoms with Crippen molar-refractivity contribution in [1.82, 2.24) is 4.98 Å². The van der Waals surface area contributed by atoms with E-state index in [1.54, 1.807) is 14.2 Å². The van der Waals surface area contributed by atoms with Gasteiger partial charge in [0.15, 0.2) is 0 Å². The minimum Gasteiger partial charge on any atom is -0.497 e. The van der Waals surface area contributed by atoms with E-state index in [-0.39, 0.29) is 0 Å². The summed E-state index contributed by atoms with van der Waals surface area (Å²) >= 11 is 0. The maximum atomic E-state index is 9.29. The number of nitrogens with zero attached hydrogens (tertiary/aromatic N) is 2. The molecule has 0 atom stereocenters. The summed E-state index contributed by atoms with van der Waals surface area (Å²) in [6.45, 7) is 4.55. The van der Waals surface area contributed by atoms with E-state index in [2.05, 4.69) is 16.4 Å². The summed E-state index contributed by atoms with van der Waals surface area (Å²) < 4.78 is 10.7. The maximum Gasteiger partial charge on any atom is 0.122 e. The molecule has 0 aliphatic carbocycles. The van der Waals surface area contributed by atoms with E-state index >= 15 is 0 Å². The Morgan fingerprint density at radius 2 is 1.96 bits per heavy atom. The first kappa shape index (κ1) is 17.6. The topological polar surface area (TPSA) is 67.2 Å². The fourth-order valence-corrected chi connectivity index (χ4v) is 2.69. The first-order valence-corrected chi connectivity index (χ1v) is 7.92. The number of ether oxygens (including phenoxy) is 2. The molecule has 1 aromatic heterocycles. The molecule has 0 saturated carbocycles. The summed E-state index contributed by atoms with van der Waals surface area (Å²) in [5, 5.41) is 12.6. The standard InChI is InChI=1S/C19H23N3O2/c1-13-10-18(17(12-20)14(2)22-13)21-9-5-6-15-11-16(23-3)7-8-19(15)24-4/h7-8,10-11H,5-6,9H2,1-4H3,(H,21,22). The van der Waals surface area contributed by atoms with E-state index in [9.17, 15) is 5.26 Å². The third-order valence-corrected chi connectivity index (χ3v) is 3.87. The summed E-state index contributed by atoms with van der Waals surface area (Å²) in [5.41, 5.74) is 4.24. The molecular formula is C19H23N3O2. The Hall–Kier alpha value is -2.74. The van der Waals surface area contributed by atoms with Crippen molar-refractivity contribution in [2.45, 2.75) is 26.7 Å². The second kappa shape index (κ2) is 8.21. The van der Waals surface area contributed by atoms with Crippen molar-refractivity contribution in [3.8, 4) is 17.6 Å². The molecule has 0 aliphatic heterocycles. The SMILES string of the molecule is COc1ccc(OC)c(CCCNc2cc(C)nc(C)c2C#N)c1. The van der Waals surface area contributed by atoms with Gasteiger partial charge in [0.25, 0.3) is 0 Å². The molecule has 24 heavy (non-hydrogen) atoms. The summed E-state index contributed by atoms with van der Waals surface area (Å²) in [6.07, 6.45) is 1.77. The highest BCUT2D eigenvalue weighted by molar-refractivity contribution is 5.59. The average molecular weight is 325 g/mol. The van der Waals surface area contributed by atoms with Gasteiger partial charge in [0.2, 0.25) is 0 Å². The van der Waals surface area contributed by atoms with Crippen LogP contribution in [0.2, 0.25) is 0 Å². The lowest BCUT2D eigenvalue weighted by Crippen LogP contribution is -2.07. The maximum absolute atomic E-state index is 9.29. The smallest absolute Gasteiger partial charge is 0.122 e. The van der Waals surface area contributed by atoms with Gasteiger partial charge in [-0.25, -0.2) is 0 Å². The van der Waals surface area contributed by atoms with Crippen LogP contribution in [0.1, 0.15) is 28.9 Å². The predicted octanol–water partition coefficient (Wildman–Crippen LogP) is 3.63. The Balaban J connectivity index is 2.00. The molecule has 1 heterocycles. The molecule has 1 aromatic carbocycles. The van der Waals surface area contributed by atoms with Gasteiger partial charge in [-0.2, -0.15) is 5.26 Å². The van der Waals surface area contributed by atoms with Gasteiger partial charge < -0.3 is 14.8 Å². The third kappa shape index (κ3) is 4.17. The molecule has 0 fully saturated rings. The van der Waals surface area contributed by atoms with Crippen LogP contribution < -0.4 is 14.8 Å². The normalized spacial score (nSPS) is 10.1. The van der Waals surface area contributed by atoms with Gasteiger partial charge in [-0.1, -0.05) is 0 Å². The van der Waals surface area contributed by atoms with Crippen LogP contribution in [0.25, 0.3) is 0 Å². The number of nitriles is 1. The largest absolute Gasteiger partial charge is 0.497 e. The number of hydrogen-bond acceptors (Lipinski definition) is 5. The zero-order valence-electron chi connectivity index (χ0n) is 14.6. The fourth-order valence-electron chi connectivity index (χ4n) is 2.69. The van der Waals surface area contributed by atoms with Crippen LogP contribution in [0.4, 0.5) is 5.69 Å². The van der Waals surface area contributed by atoms with E-state index in [0.717, 1.165) is 53.5 Å². The van der Waals surface area contributed by atoms with Gasteiger partial charge in [0, 0.05) is 12.2 Å². The summed E-state index contributed by atoms with van der Waals surface area (Å²) in [5.74, 6) is 1.69. The van der Waals surface area contributed by atoms with E-state index in [0.29, 0.717) is 5.56 Å². The highest BCUT2D eigenvalue weighted by Gasteiger charge is 2.08. The van der Waals surface area contributed by atoms with Gasteiger partial charge in [0.1, 0.15) is 17.6 Å². The molecule has 5 heteroatoms. The lowest BCUT2D eigenvalue weighted by molar-refractivity contribution is 0.398. The lowest BCUT2D eigenvalue weighted by atomic mass is 10.1. The summed E-state index contributed by atoms with van der Waals surface area (Å²) in [7, 11) is 3.33. The monoisotopic (exact) mass is 325 g/mol. The second-order valence-corrected chi connectivity index (χ2v) is 5.59. The average Bonchev–Trinajstić information content (AvgIpc) is 2.58. The lowest BCUT2D eigenvalue weighted by Gasteiger charge is -2.12. The van der Waals surface area contributed by atoms with E-state index in [1.807, 2.05) is 38.1 Å². The Morgan fingerprint density at radius 1 is 1.17 bits per heavy atom. The number of pyridine rings is 1.